The Bertz CT molecular complexity index is 370. The van der Waals surface area contributed by atoms with Crippen LogP contribution in [0.15, 0.2) is 22.8 Å². The summed E-state index contributed by atoms with van der Waals surface area (Å²) < 4.78 is 5.22. The first-order chi connectivity index (χ1) is 9.29. The molecule has 1 aliphatic heterocycles. The Morgan fingerprint density at radius 2 is 2.16 bits per heavy atom. The molecule has 1 aromatic heterocycles. The molecule has 0 unspecified atom stereocenters. The van der Waals surface area contributed by atoms with Crippen LogP contribution in [0.3, 0.4) is 0 Å². The number of piperazine rings is 1. The molecule has 0 atom stereocenters. The summed E-state index contributed by atoms with van der Waals surface area (Å²) in [6.07, 6.45) is 2.22. The van der Waals surface area contributed by atoms with Crippen LogP contribution in [0.25, 0.3) is 0 Å². The van der Waals surface area contributed by atoms with Gasteiger partial charge in [0.05, 0.1) is 12.8 Å². The van der Waals surface area contributed by atoms with Gasteiger partial charge in [0.1, 0.15) is 5.76 Å². The number of amides is 1. The number of carbonyl (C=O) groups is 1. The fourth-order valence-electron chi connectivity index (χ4n) is 2.29. The van der Waals surface area contributed by atoms with Gasteiger partial charge in [0.2, 0.25) is 5.91 Å². The first-order valence-corrected chi connectivity index (χ1v) is 7.03. The number of rotatable bonds is 6. The van der Waals surface area contributed by atoms with Crippen molar-refractivity contribution in [3.63, 3.8) is 0 Å². The van der Waals surface area contributed by atoms with Gasteiger partial charge in [-0.15, -0.1) is 0 Å². The first kappa shape index (κ1) is 14.1. The molecule has 1 fully saturated rings. The number of nitrogens with zero attached hydrogens (tertiary/aromatic N) is 2. The van der Waals surface area contributed by atoms with Crippen LogP contribution in [0.4, 0.5) is 0 Å². The maximum absolute atomic E-state index is 12.0. The molecule has 5 nitrogen and oxygen atoms in total. The third-order valence-electron chi connectivity index (χ3n) is 3.57. The second kappa shape index (κ2) is 7.31. The summed E-state index contributed by atoms with van der Waals surface area (Å²) in [4.78, 5) is 16.3. The summed E-state index contributed by atoms with van der Waals surface area (Å²) >= 11 is 0. The molecule has 5 heteroatoms. The van der Waals surface area contributed by atoms with E-state index in [0.717, 1.165) is 38.5 Å². The van der Waals surface area contributed by atoms with E-state index in [1.165, 1.54) is 0 Å². The highest BCUT2D eigenvalue weighted by molar-refractivity contribution is 5.76. The van der Waals surface area contributed by atoms with Gasteiger partial charge >= 0.3 is 0 Å². The van der Waals surface area contributed by atoms with Gasteiger partial charge < -0.3 is 19.5 Å². The Labute approximate surface area is 114 Å². The summed E-state index contributed by atoms with van der Waals surface area (Å²) in [7, 11) is 0. The molecule has 0 bridgehead atoms. The molecule has 2 heterocycles. The fraction of sp³-hybridized carbons (Fsp3) is 0.643. The van der Waals surface area contributed by atoms with E-state index in [1.807, 2.05) is 17.0 Å². The van der Waals surface area contributed by atoms with Crippen LogP contribution < -0.4 is 5.32 Å². The highest BCUT2D eigenvalue weighted by atomic mass is 16.3. The summed E-state index contributed by atoms with van der Waals surface area (Å²) in [6, 6.07) is 3.80. The standard InChI is InChI=1S/C14H23N3O2/c1-2-16-7-9-17(10-8-16)14(18)5-6-15-12-13-4-3-11-19-13/h3-4,11,15H,2,5-10,12H2,1H3. The van der Waals surface area contributed by atoms with Crippen molar-refractivity contribution in [2.45, 2.75) is 19.9 Å². The van der Waals surface area contributed by atoms with Crippen LogP contribution >= 0.6 is 0 Å². The summed E-state index contributed by atoms with van der Waals surface area (Å²) in [5.74, 6) is 1.16. The minimum atomic E-state index is 0.252. The average Bonchev–Trinajstić information content (AvgIpc) is 2.96. The van der Waals surface area contributed by atoms with E-state index >= 15 is 0 Å². The van der Waals surface area contributed by atoms with Crippen LogP contribution in [-0.2, 0) is 11.3 Å². The highest BCUT2D eigenvalue weighted by Gasteiger charge is 2.19. The average molecular weight is 265 g/mol. The van der Waals surface area contributed by atoms with Gasteiger partial charge in [0.25, 0.3) is 0 Å². The molecule has 1 aromatic rings. The van der Waals surface area contributed by atoms with E-state index in [1.54, 1.807) is 6.26 Å². The molecular weight excluding hydrogens is 242 g/mol. The lowest BCUT2D eigenvalue weighted by Gasteiger charge is -2.34. The fourth-order valence-corrected chi connectivity index (χ4v) is 2.29. The van der Waals surface area contributed by atoms with Gasteiger partial charge in [-0.1, -0.05) is 6.92 Å². The van der Waals surface area contributed by atoms with Crippen LogP contribution in [0.1, 0.15) is 19.1 Å². The van der Waals surface area contributed by atoms with Gasteiger partial charge in [-0.2, -0.15) is 0 Å². The van der Waals surface area contributed by atoms with Crippen LogP contribution in [-0.4, -0.2) is 55.0 Å². The van der Waals surface area contributed by atoms with Crippen LogP contribution in [0, 0.1) is 0 Å². The highest BCUT2D eigenvalue weighted by Crippen LogP contribution is 2.03. The third kappa shape index (κ3) is 4.36. The van der Waals surface area contributed by atoms with E-state index < -0.39 is 0 Å². The molecule has 106 valence electrons. The van der Waals surface area contributed by atoms with Crippen molar-refractivity contribution in [3.05, 3.63) is 24.2 Å². The second-order valence-electron chi connectivity index (χ2n) is 4.82. The summed E-state index contributed by atoms with van der Waals surface area (Å²) in [5.41, 5.74) is 0. The molecule has 0 saturated carbocycles. The minimum absolute atomic E-state index is 0.252. The van der Waals surface area contributed by atoms with Gasteiger partial charge in [-0.3, -0.25) is 4.79 Å². The monoisotopic (exact) mass is 265 g/mol. The van der Waals surface area contributed by atoms with Crippen molar-refractivity contribution in [2.24, 2.45) is 0 Å². The number of hydrogen-bond acceptors (Lipinski definition) is 4. The van der Waals surface area contributed by atoms with Gasteiger partial charge in [-0.05, 0) is 18.7 Å². The van der Waals surface area contributed by atoms with E-state index in [9.17, 15) is 4.79 Å². The lowest BCUT2D eigenvalue weighted by Crippen LogP contribution is -2.48. The predicted octanol–water partition coefficient (Wildman–Crippen LogP) is 0.923. The van der Waals surface area contributed by atoms with Crippen molar-refractivity contribution in [3.8, 4) is 0 Å². The van der Waals surface area contributed by atoms with E-state index in [-0.39, 0.29) is 5.91 Å². The molecular formula is C14H23N3O2. The minimum Gasteiger partial charge on any atom is -0.468 e. The zero-order valence-electron chi connectivity index (χ0n) is 11.6. The Morgan fingerprint density at radius 3 is 2.79 bits per heavy atom. The molecule has 2 rings (SSSR count). The Morgan fingerprint density at radius 1 is 1.37 bits per heavy atom. The first-order valence-electron chi connectivity index (χ1n) is 7.03. The molecule has 0 spiro atoms. The zero-order valence-corrected chi connectivity index (χ0v) is 11.6. The number of nitrogens with one attached hydrogen (secondary N) is 1. The molecule has 0 aliphatic carbocycles. The molecule has 1 aliphatic rings. The Kier molecular flexibility index (Phi) is 5.42. The summed E-state index contributed by atoms with van der Waals surface area (Å²) in [6.45, 7) is 8.36. The molecule has 1 N–H and O–H groups in total. The topological polar surface area (TPSA) is 48.7 Å². The number of carbonyl (C=O) groups excluding carboxylic acids is 1. The molecule has 0 radical (unpaired) electrons. The van der Waals surface area contributed by atoms with Gasteiger partial charge in [0.15, 0.2) is 0 Å². The molecule has 1 amide bonds. The van der Waals surface area contributed by atoms with Crippen LogP contribution in [0.2, 0.25) is 0 Å². The number of likely N-dealkylation sites (N-methyl/N-ethyl adjacent to an activating group) is 1. The van der Waals surface area contributed by atoms with Gasteiger partial charge in [-0.25, -0.2) is 0 Å². The SMILES string of the molecule is CCN1CCN(C(=O)CCNCc2ccco2)CC1. The van der Waals surface area contributed by atoms with E-state index in [0.29, 0.717) is 19.5 Å². The number of hydrogen-bond donors (Lipinski definition) is 1. The van der Waals surface area contributed by atoms with Crippen LogP contribution in [0.5, 0.6) is 0 Å². The Balaban J connectivity index is 1.59. The van der Waals surface area contributed by atoms with E-state index in [2.05, 4.69) is 17.1 Å². The third-order valence-corrected chi connectivity index (χ3v) is 3.57. The number of furan rings is 1. The zero-order chi connectivity index (χ0) is 13.5. The largest absolute Gasteiger partial charge is 0.468 e. The quantitative estimate of drug-likeness (QED) is 0.777. The second-order valence-corrected chi connectivity index (χ2v) is 4.82. The summed E-state index contributed by atoms with van der Waals surface area (Å²) in [5, 5.41) is 3.23. The van der Waals surface area contributed by atoms with Crippen molar-refractivity contribution in [2.75, 3.05) is 39.3 Å². The maximum Gasteiger partial charge on any atom is 0.223 e. The molecule has 1 saturated heterocycles. The van der Waals surface area contributed by atoms with Crippen molar-refractivity contribution < 1.29 is 9.21 Å². The Hall–Kier alpha value is -1.33. The van der Waals surface area contributed by atoms with E-state index in [4.69, 9.17) is 4.42 Å². The maximum atomic E-state index is 12.0. The lowest BCUT2D eigenvalue weighted by molar-refractivity contribution is -0.132. The predicted molar refractivity (Wildman–Crippen MR) is 73.7 cm³/mol. The van der Waals surface area contributed by atoms with Crippen molar-refractivity contribution in [1.82, 2.24) is 15.1 Å². The molecule has 0 aromatic carbocycles. The normalized spacial score (nSPS) is 16.8. The van der Waals surface area contributed by atoms with Crippen molar-refractivity contribution >= 4 is 5.91 Å². The van der Waals surface area contributed by atoms with Crippen molar-refractivity contribution in [1.29, 1.82) is 0 Å². The molecule has 19 heavy (non-hydrogen) atoms. The lowest BCUT2D eigenvalue weighted by atomic mass is 10.2. The van der Waals surface area contributed by atoms with Gasteiger partial charge in [0, 0.05) is 39.1 Å². The smallest absolute Gasteiger partial charge is 0.223 e.